The quantitative estimate of drug-likeness (QED) is 0.329. The maximum Gasteiger partial charge on any atom is 0.500 e. The van der Waals surface area contributed by atoms with Crippen molar-refractivity contribution in [1.82, 2.24) is 0 Å². The van der Waals surface area contributed by atoms with Gasteiger partial charge < -0.3 is 22.1 Å². The maximum absolute atomic E-state index is 5.67. The summed E-state index contributed by atoms with van der Waals surface area (Å²) in [6.45, 7) is 9.94. The van der Waals surface area contributed by atoms with Crippen molar-refractivity contribution in [3.63, 3.8) is 0 Å². The first-order chi connectivity index (χ1) is 11.4. The summed E-state index contributed by atoms with van der Waals surface area (Å²) in [6.07, 6.45) is 2.06. The Morgan fingerprint density at radius 2 is 1.08 bits per heavy atom. The predicted octanol–water partition coefficient (Wildman–Crippen LogP) is 4.03. The molecule has 0 amide bonds. The molecule has 0 aliphatic rings. The second-order valence-electron chi connectivity index (χ2n) is 5.18. The zero-order valence-electron chi connectivity index (χ0n) is 16.3. The summed E-state index contributed by atoms with van der Waals surface area (Å²) in [5, 5.41) is 0. The van der Waals surface area contributed by atoms with E-state index in [-0.39, 0.29) is 0 Å². The van der Waals surface area contributed by atoms with Crippen molar-refractivity contribution < 1.29 is 22.1 Å². The van der Waals surface area contributed by atoms with E-state index >= 15 is 0 Å². The van der Waals surface area contributed by atoms with Crippen molar-refractivity contribution >= 4 is 42.6 Å². The highest BCUT2D eigenvalue weighted by atomic mass is 32.1. The molecule has 0 aliphatic heterocycles. The van der Waals surface area contributed by atoms with Crippen LogP contribution in [0.3, 0.4) is 0 Å². The topological polar surface area (TPSA) is 46.2 Å². The maximum atomic E-state index is 5.67. The number of rotatable bonds is 14. The third-order valence-electron chi connectivity index (χ3n) is 3.39. The van der Waals surface area contributed by atoms with Crippen LogP contribution in [0.4, 0.5) is 0 Å². The minimum absolute atomic E-state index is 0.652. The third-order valence-corrected chi connectivity index (χ3v) is 10.2. The van der Waals surface area contributed by atoms with Crippen molar-refractivity contribution in [1.29, 1.82) is 0 Å². The minimum atomic E-state index is -2.37. The van der Waals surface area contributed by atoms with E-state index in [0.717, 1.165) is 36.4 Å². The molecule has 0 heterocycles. The van der Waals surface area contributed by atoms with Crippen molar-refractivity contribution in [3.8, 4) is 0 Å². The molecule has 0 rings (SSSR count). The predicted molar refractivity (Wildman–Crippen MR) is 113 cm³/mol. The molecule has 5 nitrogen and oxygen atoms in total. The van der Waals surface area contributed by atoms with Gasteiger partial charge in [0.05, 0.1) is 0 Å². The molecule has 0 saturated carbocycles. The molecule has 0 N–H and O–H groups in total. The Labute approximate surface area is 162 Å². The van der Waals surface area contributed by atoms with Gasteiger partial charge in [0, 0.05) is 40.1 Å². The average Bonchev–Trinajstić information content (AvgIpc) is 2.59. The number of hydrogen-bond acceptors (Lipinski definition) is 7. The van der Waals surface area contributed by atoms with Crippen LogP contribution in [0, 0.1) is 0 Å². The SMILES string of the molecule is CCO[Si](CCCS)(OCC)OCC.CO[Si](C)(CCCS)OC. The summed E-state index contributed by atoms with van der Waals surface area (Å²) in [4.78, 5) is 0. The van der Waals surface area contributed by atoms with Crippen LogP contribution < -0.4 is 0 Å². The van der Waals surface area contributed by atoms with E-state index in [1.807, 2.05) is 20.8 Å². The molecule has 148 valence electrons. The van der Waals surface area contributed by atoms with Crippen LogP contribution in [0.2, 0.25) is 18.6 Å². The molecule has 0 aliphatic carbocycles. The minimum Gasteiger partial charge on any atom is -0.398 e. The van der Waals surface area contributed by atoms with Gasteiger partial charge in [0.25, 0.3) is 0 Å². The summed E-state index contributed by atoms with van der Waals surface area (Å²) in [7, 11) is -0.700. The van der Waals surface area contributed by atoms with Crippen LogP contribution in [-0.4, -0.2) is 62.9 Å². The molecule has 0 saturated heterocycles. The van der Waals surface area contributed by atoms with Gasteiger partial charge in [0.1, 0.15) is 0 Å². The molecule has 0 bridgehead atoms. The first-order valence-electron chi connectivity index (χ1n) is 8.66. The van der Waals surface area contributed by atoms with Gasteiger partial charge >= 0.3 is 17.4 Å². The second-order valence-corrected chi connectivity index (χ2v) is 12.4. The highest BCUT2D eigenvalue weighted by molar-refractivity contribution is 7.80. The summed E-state index contributed by atoms with van der Waals surface area (Å²) < 4.78 is 27.6. The molecule has 0 spiro atoms. The Hall–Kier alpha value is 0.934. The Balaban J connectivity index is 0. The van der Waals surface area contributed by atoms with Gasteiger partial charge in [-0.15, -0.1) is 0 Å². The molecule has 0 aromatic heterocycles. The molecule has 0 radical (unpaired) electrons. The lowest BCUT2D eigenvalue weighted by atomic mass is 10.6. The molecular weight excluding hydrogens is 380 g/mol. The van der Waals surface area contributed by atoms with Crippen LogP contribution >= 0.6 is 25.3 Å². The van der Waals surface area contributed by atoms with Gasteiger partial charge in [0.2, 0.25) is 0 Å². The molecule has 0 aromatic carbocycles. The van der Waals surface area contributed by atoms with Crippen LogP contribution in [0.5, 0.6) is 0 Å². The first kappa shape index (κ1) is 27.2. The molecule has 24 heavy (non-hydrogen) atoms. The summed E-state index contributed by atoms with van der Waals surface area (Å²) in [6, 6.07) is 1.90. The number of hydrogen-bond donors (Lipinski definition) is 2. The molecule has 0 atom stereocenters. The van der Waals surface area contributed by atoms with Gasteiger partial charge in [-0.05, 0) is 57.7 Å². The standard InChI is InChI=1S/C9H22O3SSi.C6H16O2SSi/c1-4-10-14(11-5-2,12-6-3)9-7-8-13;1-7-10(3,8-2)6-4-5-9/h13H,4-9H2,1-3H3;9H,4-6H2,1-3H3. The highest BCUT2D eigenvalue weighted by Crippen LogP contribution is 2.18. The average molecular weight is 419 g/mol. The van der Waals surface area contributed by atoms with Crippen molar-refractivity contribution in [3.05, 3.63) is 0 Å². The van der Waals surface area contributed by atoms with Crippen LogP contribution in [-0.2, 0) is 22.1 Å². The van der Waals surface area contributed by atoms with E-state index < -0.39 is 17.4 Å². The second kappa shape index (κ2) is 17.4. The van der Waals surface area contributed by atoms with E-state index in [0.29, 0.717) is 19.8 Å². The lowest BCUT2D eigenvalue weighted by Gasteiger charge is -2.28. The third kappa shape index (κ3) is 13.2. The molecule has 0 unspecified atom stereocenters. The zero-order chi connectivity index (χ0) is 18.9. The first-order valence-corrected chi connectivity index (χ1v) is 14.4. The Kier molecular flexibility index (Phi) is 19.6. The van der Waals surface area contributed by atoms with Gasteiger partial charge in [-0.2, -0.15) is 25.3 Å². The van der Waals surface area contributed by atoms with E-state index in [4.69, 9.17) is 22.1 Å². The lowest BCUT2D eigenvalue weighted by Crippen LogP contribution is -2.46. The van der Waals surface area contributed by atoms with Gasteiger partial charge in [-0.1, -0.05) is 0 Å². The van der Waals surface area contributed by atoms with Gasteiger partial charge in [0.15, 0.2) is 0 Å². The van der Waals surface area contributed by atoms with Crippen molar-refractivity contribution in [2.24, 2.45) is 0 Å². The fraction of sp³-hybridized carbons (Fsp3) is 1.00. The molecule has 9 heteroatoms. The van der Waals surface area contributed by atoms with Crippen LogP contribution in [0.25, 0.3) is 0 Å². The van der Waals surface area contributed by atoms with E-state index in [2.05, 4.69) is 31.8 Å². The fourth-order valence-corrected chi connectivity index (χ4v) is 6.90. The summed E-state index contributed by atoms with van der Waals surface area (Å²) in [5.41, 5.74) is 0. The summed E-state index contributed by atoms with van der Waals surface area (Å²) >= 11 is 8.31. The smallest absolute Gasteiger partial charge is 0.398 e. The normalized spacial score (nSPS) is 12.0. The van der Waals surface area contributed by atoms with Crippen LogP contribution in [0.15, 0.2) is 0 Å². The Morgan fingerprint density at radius 3 is 1.38 bits per heavy atom. The van der Waals surface area contributed by atoms with E-state index in [1.54, 1.807) is 14.2 Å². The van der Waals surface area contributed by atoms with Crippen molar-refractivity contribution in [2.75, 3.05) is 45.5 Å². The lowest BCUT2D eigenvalue weighted by molar-refractivity contribution is 0.0712. The van der Waals surface area contributed by atoms with Crippen molar-refractivity contribution in [2.45, 2.75) is 52.2 Å². The molecular formula is C15H38O5S2Si2. The molecule has 0 fully saturated rings. The number of thiol groups is 2. The summed E-state index contributed by atoms with van der Waals surface area (Å²) in [5.74, 6) is 1.76. The Bertz CT molecular complexity index is 255. The van der Waals surface area contributed by atoms with Crippen LogP contribution in [0.1, 0.15) is 33.6 Å². The van der Waals surface area contributed by atoms with Gasteiger partial charge in [-0.3, -0.25) is 0 Å². The fourth-order valence-electron chi connectivity index (χ4n) is 1.98. The molecule has 0 aromatic rings. The largest absolute Gasteiger partial charge is 0.500 e. The van der Waals surface area contributed by atoms with Gasteiger partial charge in [-0.25, -0.2) is 0 Å². The Morgan fingerprint density at radius 1 is 0.708 bits per heavy atom. The van der Waals surface area contributed by atoms with E-state index in [9.17, 15) is 0 Å². The zero-order valence-corrected chi connectivity index (χ0v) is 20.1. The monoisotopic (exact) mass is 418 g/mol. The highest BCUT2D eigenvalue weighted by Gasteiger charge is 2.39. The van der Waals surface area contributed by atoms with E-state index in [1.165, 1.54) is 0 Å².